The van der Waals surface area contributed by atoms with Crippen molar-refractivity contribution in [1.29, 1.82) is 0 Å². The molecule has 0 aliphatic heterocycles. The molecule has 0 radical (unpaired) electrons. The molecule has 0 aliphatic carbocycles. The molecule has 2 aromatic rings. The third-order valence-electron chi connectivity index (χ3n) is 3.91. The number of esters is 1. The van der Waals surface area contributed by atoms with E-state index in [1.54, 1.807) is 6.07 Å². The Hall–Kier alpha value is -2.63. The molecule has 0 atom stereocenters. The molecule has 24 heavy (non-hydrogen) atoms. The lowest BCUT2D eigenvalue weighted by molar-refractivity contribution is 0.0474. The molecule has 1 heterocycles. The third kappa shape index (κ3) is 3.48. The number of hydrogen-bond donors (Lipinski definition) is 0. The van der Waals surface area contributed by atoms with Crippen LogP contribution in [0.4, 0.5) is 4.39 Å². The number of benzene rings is 1. The molecule has 0 amide bonds. The highest BCUT2D eigenvalue weighted by Crippen LogP contribution is 2.19. The highest BCUT2D eigenvalue weighted by molar-refractivity contribution is 6.00. The molecular formula is C18H20FNO4. The van der Waals surface area contributed by atoms with Gasteiger partial charge in [-0.2, -0.15) is 0 Å². The Morgan fingerprint density at radius 2 is 1.92 bits per heavy atom. The van der Waals surface area contributed by atoms with Gasteiger partial charge in [-0.25, -0.2) is 9.18 Å². The fourth-order valence-electron chi connectivity index (χ4n) is 2.66. The maximum Gasteiger partial charge on any atom is 0.338 e. The number of ether oxygens (including phenoxy) is 2. The summed E-state index contributed by atoms with van der Waals surface area (Å²) in [6, 6.07) is 5.52. The van der Waals surface area contributed by atoms with E-state index in [1.807, 2.05) is 25.3 Å². The molecule has 1 aromatic carbocycles. The molecule has 0 spiro atoms. The molecule has 0 N–H and O–H groups in total. The number of aromatic nitrogens is 1. The lowest BCUT2D eigenvalue weighted by atomic mass is 10.1. The van der Waals surface area contributed by atoms with E-state index in [0.717, 1.165) is 24.0 Å². The fraction of sp³-hybridized carbons (Fsp3) is 0.333. The van der Waals surface area contributed by atoms with Crippen LogP contribution in [0.5, 0.6) is 5.75 Å². The molecule has 0 aliphatic rings. The summed E-state index contributed by atoms with van der Waals surface area (Å²) in [5.41, 5.74) is 2.37. The average Bonchev–Trinajstić information content (AvgIpc) is 2.86. The van der Waals surface area contributed by atoms with Crippen LogP contribution in [0.25, 0.3) is 0 Å². The Morgan fingerprint density at radius 3 is 2.46 bits per heavy atom. The Kier molecular flexibility index (Phi) is 5.39. The molecule has 0 fully saturated rings. The van der Waals surface area contributed by atoms with E-state index in [-0.39, 0.29) is 23.7 Å². The van der Waals surface area contributed by atoms with Crippen molar-refractivity contribution in [1.82, 2.24) is 4.57 Å². The number of rotatable bonds is 6. The maximum absolute atomic E-state index is 13.6. The van der Waals surface area contributed by atoms with E-state index in [2.05, 4.69) is 0 Å². The summed E-state index contributed by atoms with van der Waals surface area (Å²) >= 11 is 0. The number of carbonyl (C=O) groups excluding carboxylic acids is 2. The largest absolute Gasteiger partial charge is 0.494 e. The van der Waals surface area contributed by atoms with Crippen molar-refractivity contribution in [2.24, 2.45) is 0 Å². The minimum atomic E-state index is -0.755. The molecule has 0 saturated heterocycles. The molecule has 6 heteroatoms. The van der Waals surface area contributed by atoms with Gasteiger partial charge in [-0.3, -0.25) is 4.79 Å². The second kappa shape index (κ2) is 7.29. The van der Waals surface area contributed by atoms with E-state index in [1.165, 1.54) is 19.2 Å². The summed E-state index contributed by atoms with van der Waals surface area (Å²) < 4.78 is 25.4. The summed E-state index contributed by atoms with van der Waals surface area (Å²) in [6.45, 7) is 6.13. The first-order chi connectivity index (χ1) is 11.4. The fourth-order valence-corrected chi connectivity index (χ4v) is 2.66. The van der Waals surface area contributed by atoms with Gasteiger partial charge < -0.3 is 14.0 Å². The third-order valence-corrected chi connectivity index (χ3v) is 3.91. The van der Waals surface area contributed by atoms with E-state index >= 15 is 0 Å². The molecule has 1 aromatic heterocycles. The number of halogens is 1. The van der Waals surface area contributed by atoms with E-state index in [0.29, 0.717) is 5.56 Å². The molecule has 0 saturated carbocycles. The van der Waals surface area contributed by atoms with Gasteiger partial charge in [-0.05, 0) is 45.0 Å². The number of ketones is 1. The number of aryl methyl sites for hydroxylation is 1. The number of hydrogen-bond acceptors (Lipinski definition) is 4. The Labute approximate surface area is 140 Å². The van der Waals surface area contributed by atoms with E-state index in [9.17, 15) is 14.0 Å². The van der Waals surface area contributed by atoms with Crippen LogP contribution in [0.3, 0.4) is 0 Å². The monoisotopic (exact) mass is 333 g/mol. The van der Waals surface area contributed by atoms with Gasteiger partial charge >= 0.3 is 5.97 Å². The summed E-state index contributed by atoms with van der Waals surface area (Å²) in [5.74, 6) is -1.67. The van der Waals surface area contributed by atoms with Crippen LogP contribution >= 0.6 is 0 Å². The van der Waals surface area contributed by atoms with Crippen molar-refractivity contribution >= 4 is 11.8 Å². The molecule has 5 nitrogen and oxygen atoms in total. The second-order valence-electron chi connectivity index (χ2n) is 5.38. The first-order valence-corrected chi connectivity index (χ1v) is 7.59. The van der Waals surface area contributed by atoms with Crippen molar-refractivity contribution in [3.63, 3.8) is 0 Å². The van der Waals surface area contributed by atoms with Crippen molar-refractivity contribution in [3.05, 3.63) is 52.6 Å². The van der Waals surface area contributed by atoms with Crippen LogP contribution in [0.15, 0.2) is 24.3 Å². The minimum Gasteiger partial charge on any atom is -0.494 e. The lowest BCUT2D eigenvalue weighted by Crippen LogP contribution is -2.15. The van der Waals surface area contributed by atoms with Gasteiger partial charge in [0.05, 0.1) is 12.7 Å². The SMILES string of the molecule is CCn1c(C)cc(C(=O)COC(=O)c2ccc(OC)c(F)c2)c1C. The Balaban J connectivity index is 2.06. The highest BCUT2D eigenvalue weighted by Gasteiger charge is 2.18. The van der Waals surface area contributed by atoms with Crippen LogP contribution < -0.4 is 4.74 Å². The molecule has 128 valence electrons. The van der Waals surface area contributed by atoms with E-state index < -0.39 is 11.8 Å². The van der Waals surface area contributed by atoms with Crippen molar-refractivity contribution in [3.8, 4) is 5.75 Å². The van der Waals surface area contributed by atoms with Crippen LogP contribution in [-0.4, -0.2) is 30.0 Å². The maximum atomic E-state index is 13.6. The minimum absolute atomic E-state index is 0.0279. The smallest absolute Gasteiger partial charge is 0.338 e. The standard InChI is InChI=1S/C18H20FNO4/c1-5-20-11(2)8-14(12(20)3)16(21)10-24-18(22)13-6-7-17(23-4)15(19)9-13/h6-9H,5,10H2,1-4H3. The molecular weight excluding hydrogens is 313 g/mol. The Morgan fingerprint density at radius 1 is 1.21 bits per heavy atom. The zero-order chi connectivity index (χ0) is 17.9. The summed E-state index contributed by atoms with van der Waals surface area (Å²) in [4.78, 5) is 24.2. The van der Waals surface area contributed by atoms with Crippen molar-refractivity contribution < 1.29 is 23.5 Å². The number of methoxy groups -OCH3 is 1. The Bertz CT molecular complexity index is 780. The topological polar surface area (TPSA) is 57.5 Å². The number of Topliss-reactive ketones (excluding diaryl/α,β-unsaturated/α-hetero) is 1. The summed E-state index contributed by atoms with van der Waals surface area (Å²) in [7, 11) is 1.34. The van der Waals surface area contributed by atoms with Gasteiger partial charge in [-0.1, -0.05) is 0 Å². The van der Waals surface area contributed by atoms with Crippen LogP contribution in [-0.2, 0) is 11.3 Å². The molecule has 0 unspecified atom stereocenters. The van der Waals surface area contributed by atoms with Gasteiger partial charge in [0.15, 0.2) is 18.2 Å². The quantitative estimate of drug-likeness (QED) is 0.601. The molecule has 2 rings (SSSR count). The first kappa shape index (κ1) is 17.7. The van der Waals surface area contributed by atoms with Gasteiger partial charge in [0.1, 0.15) is 0 Å². The predicted molar refractivity (Wildman–Crippen MR) is 87.1 cm³/mol. The average molecular weight is 333 g/mol. The van der Waals surface area contributed by atoms with Crippen LogP contribution in [0.1, 0.15) is 39.0 Å². The lowest BCUT2D eigenvalue weighted by Gasteiger charge is -2.07. The summed E-state index contributed by atoms with van der Waals surface area (Å²) in [5, 5.41) is 0. The number of nitrogens with zero attached hydrogens (tertiary/aromatic N) is 1. The second-order valence-corrected chi connectivity index (χ2v) is 5.38. The molecule has 0 bridgehead atoms. The zero-order valence-electron chi connectivity index (χ0n) is 14.2. The highest BCUT2D eigenvalue weighted by atomic mass is 19.1. The van der Waals surface area contributed by atoms with Crippen LogP contribution in [0.2, 0.25) is 0 Å². The van der Waals surface area contributed by atoms with Gasteiger partial charge in [0.2, 0.25) is 5.78 Å². The zero-order valence-corrected chi connectivity index (χ0v) is 14.2. The van der Waals surface area contributed by atoms with Crippen molar-refractivity contribution in [2.45, 2.75) is 27.3 Å². The summed E-state index contributed by atoms with van der Waals surface area (Å²) in [6.07, 6.45) is 0. The number of carbonyl (C=O) groups is 2. The first-order valence-electron chi connectivity index (χ1n) is 7.59. The van der Waals surface area contributed by atoms with Gasteiger partial charge in [0.25, 0.3) is 0 Å². The van der Waals surface area contributed by atoms with Crippen molar-refractivity contribution in [2.75, 3.05) is 13.7 Å². The predicted octanol–water partition coefficient (Wildman–Crippen LogP) is 3.31. The van der Waals surface area contributed by atoms with E-state index in [4.69, 9.17) is 9.47 Å². The van der Waals surface area contributed by atoms with Crippen LogP contribution in [0, 0.1) is 19.7 Å². The normalized spacial score (nSPS) is 10.5. The van der Waals surface area contributed by atoms with Gasteiger partial charge in [0, 0.05) is 23.5 Å². The van der Waals surface area contributed by atoms with Gasteiger partial charge in [-0.15, -0.1) is 0 Å².